The first-order valence-corrected chi connectivity index (χ1v) is 13.5. The number of carbonyl (C=O) groups is 1. The predicted molar refractivity (Wildman–Crippen MR) is 146 cm³/mol. The monoisotopic (exact) mass is 498 g/mol. The number of rotatable bonds is 7. The molecule has 0 saturated carbocycles. The van der Waals surface area contributed by atoms with E-state index in [2.05, 4.69) is 63.7 Å². The number of para-hydroxylation sites is 1. The van der Waals surface area contributed by atoms with Gasteiger partial charge in [0.15, 0.2) is 5.13 Å². The van der Waals surface area contributed by atoms with Gasteiger partial charge < -0.3 is 9.64 Å². The van der Waals surface area contributed by atoms with Crippen LogP contribution in [0, 0.1) is 0 Å². The molecule has 6 rings (SSSR count). The van der Waals surface area contributed by atoms with Crippen LogP contribution in [0.2, 0.25) is 0 Å². The standard InChI is InChI=1S/C29H30N4O2S/c34-29(31-28-30-26-11-5-6-12-27(26)36-28)33(16-15-32-17-19-35-20-18-32)14-13-25-23-9-3-1-7-21(23)22-8-2-4-10-24(22)25/h1-12,25H,13-20H2,(H,30,31,34). The highest BCUT2D eigenvalue weighted by atomic mass is 32.1. The molecule has 1 saturated heterocycles. The number of carbonyl (C=O) groups excluding carboxylic acids is 1. The van der Waals surface area contributed by atoms with Crippen molar-refractivity contribution < 1.29 is 9.53 Å². The minimum absolute atomic E-state index is 0.0816. The molecule has 3 aromatic carbocycles. The van der Waals surface area contributed by atoms with Gasteiger partial charge in [-0.2, -0.15) is 0 Å². The van der Waals surface area contributed by atoms with Crippen LogP contribution >= 0.6 is 11.3 Å². The smallest absolute Gasteiger partial charge is 0.323 e. The fourth-order valence-corrected chi connectivity index (χ4v) is 6.21. The molecule has 1 aliphatic heterocycles. The van der Waals surface area contributed by atoms with Gasteiger partial charge >= 0.3 is 6.03 Å². The lowest BCUT2D eigenvalue weighted by Gasteiger charge is -2.30. The average molecular weight is 499 g/mol. The van der Waals surface area contributed by atoms with Crippen LogP contribution in [0.4, 0.5) is 9.93 Å². The number of thiazole rings is 1. The largest absolute Gasteiger partial charge is 0.379 e. The summed E-state index contributed by atoms with van der Waals surface area (Å²) in [4.78, 5) is 22.5. The van der Waals surface area contributed by atoms with E-state index in [1.807, 2.05) is 29.2 Å². The molecule has 1 N–H and O–H groups in total. The van der Waals surface area contributed by atoms with E-state index in [1.54, 1.807) is 0 Å². The molecule has 0 spiro atoms. The number of hydrogen-bond acceptors (Lipinski definition) is 5. The zero-order chi connectivity index (χ0) is 24.3. The first kappa shape index (κ1) is 23.2. The highest BCUT2D eigenvalue weighted by Crippen LogP contribution is 2.46. The fourth-order valence-electron chi connectivity index (χ4n) is 5.35. The van der Waals surface area contributed by atoms with Crippen LogP contribution < -0.4 is 5.32 Å². The number of amides is 2. The molecular formula is C29H30N4O2S. The Balaban J connectivity index is 1.20. The molecule has 2 aliphatic rings. The van der Waals surface area contributed by atoms with Crippen LogP contribution in [0.3, 0.4) is 0 Å². The molecule has 0 atom stereocenters. The van der Waals surface area contributed by atoms with Gasteiger partial charge in [-0.1, -0.05) is 72.0 Å². The Morgan fingerprint density at radius 1 is 0.944 bits per heavy atom. The average Bonchev–Trinajstić information content (AvgIpc) is 3.48. The van der Waals surface area contributed by atoms with Crippen molar-refractivity contribution in [1.29, 1.82) is 0 Å². The van der Waals surface area contributed by atoms with E-state index in [1.165, 1.54) is 33.6 Å². The second-order valence-corrected chi connectivity index (χ2v) is 10.4. The zero-order valence-corrected chi connectivity index (χ0v) is 21.0. The summed E-state index contributed by atoms with van der Waals surface area (Å²) in [6, 6.07) is 25.3. The summed E-state index contributed by atoms with van der Waals surface area (Å²) >= 11 is 1.52. The van der Waals surface area contributed by atoms with Crippen molar-refractivity contribution in [3.63, 3.8) is 0 Å². The Morgan fingerprint density at radius 2 is 1.61 bits per heavy atom. The maximum atomic E-state index is 13.5. The molecule has 1 aliphatic carbocycles. The van der Waals surface area contributed by atoms with Gasteiger partial charge in [0.05, 0.1) is 23.4 Å². The van der Waals surface area contributed by atoms with Crippen LogP contribution in [0.15, 0.2) is 72.8 Å². The molecule has 1 fully saturated rings. The molecule has 2 heterocycles. The summed E-state index contributed by atoms with van der Waals surface area (Å²) in [6.07, 6.45) is 0.879. The lowest BCUT2D eigenvalue weighted by molar-refractivity contribution is 0.0351. The SMILES string of the molecule is O=C(Nc1nc2ccccc2s1)N(CCC1c2ccccc2-c2ccccc21)CCN1CCOCC1. The van der Waals surface area contributed by atoms with Crippen molar-refractivity contribution in [2.24, 2.45) is 0 Å². The van der Waals surface area contributed by atoms with Crippen molar-refractivity contribution in [1.82, 2.24) is 14.8 Å². The van der Waals surface area contributed by atoms with E-state index in [0.717, 1.165) is 49.5 Å². The van der Waals surface area contributed by atoms with Crippen LogP contribution in [0.1, 0.15) is 23.5 Å². The van der Waals surface area contributed by atoms with Gasteiger partial charge in [0.25, 0.3) is 0 Å². The van der Waals surface area contributed by atoms with Gasteiger partial charge in [-0.15, -0.1) is 0 Å². The van der Waals surface area contributed by atoms with Gasteiger partial charge in [-0.25, -0.2) is 9.78 Å². The Hall–Kier alpha value is -3.26. The second kappa shape index (κ2) is 10.4. The third-order valence-electron chi connectivity index (χ3n) is 7.24. The number of hydrogen-bond donors (Lipinski definition) is 1. The number of aromatic nitrogens is 1. The summed E-state index contributed by atoms with van der Waals surface area (Å²) in [5.74, 6) is 0.290. The number of nitrogens with one attached hydrogen (secondary N) is 1. The minimum atomic E-state index is -0.0816. The highest BCUT2D eigenvalue weighted by Gasteiger charge is 2.29. The van der Waals surface area contributed by atoms with E-state index in [-0.39, 0.29) is 6.03 Å². The number of benzene rings is 3. The van der Waals surface area contributed by atoms with Gasteiger partial charge in [0.2, 0.25) is 0 Å². The fraction of sp³-hybridized carbons (Fsp3) is 0.310. The maximum Gasteiger partial charge on any atom is 0.323 e. The molecule has 0 bridgehead atoms. The molecular weight excluding hydrogens is 468 g/mol. The van der Waals surface area contributed by atoms with Crippen molar-refractivity contribution in [3.05, 3.63) is 83.9 Å². The second-order valence-electron chi connectivity index (χ2n) is 9.37. The Labute approximate surface area is 215 Å². The number of nitrogens with zero attached hydrogens (tertiary/aromatic N) is 3. The van der Waals surface area contributed by atoms with E-state index in [9.17, 15) is 4.79 Å². The summed E-state index contributed by atoms with van der Waals surface area (Å²) in [7, 11) is 0. The van der Waals surface area contributed by atoms with Gasteiger partial charge in [-0.3, -0.25) is 10.2 Å². The van der Waals surface area contributed by atoms with E-state index < -0.39 is 0 Å². The summed E-state index contributed by atoms with van der Waals surface area (Å²) in [5.41, 5.74) is 6.27. The summed E-state index contributed by atoms with van der Waals surface area (Å²) in [5, 5.41) is 3.73. The van der Waals surface area contributed by atoms with Crippen LogP contribution in [0.5, 0.6) is 0 Å². The quantitative estimate of drug-likeness (QED) is 0.357. The molecule has 6 nitrogen and oxygen atoms in total. The summed E-state index contributed by atoms with van der Waals surface area (Å²) < 4.78 is 6.58. The lowest BCUT2D eigenvalue weighted by atomic mass is 9.93. The van der Waals surface area contributed by atoms with Crippen molar-refractivity contribution >= 4 is 32.7 Å². The molecule has 1 aromatic heterocycles. The van der Waals surface area contributed by atoms with Crippen molar-refractivity contribution in [3.8, 4) is 11.1 Å². The number of morpholine rings is 1. The molecule has 0 unspecified atom stereocenters. The van der Waals surface area contributed by atoms with E-state index in [4.69, 9.17) is 4.74 Å². The third-order valence-corrected chi connectivity index (χ3v) is 8.19. The molecule has 0 radical (unpaired) electrons. The number of ether oxygens (including phenoxy) is 1. The molecule has 184 valence electrons. The molecule has 4 aromatic rings. The van der Waals surface area contributed by atoms with Gasteiger partial charge in [0, 0.05) is 38.6 Å². The Kier molecular flexibility index (Phi) is 6.68. The van der Waals surface area contributed by atoms with E-state index >= 15 is 0 Å². The van der Waals surface area contributed by atoms with Crippen molar-refractivity contribution in [2.45, 2.75) is 12.3 Å². The first-order chi connectivity index (χ1) is 17.8. The molecule has 7 heteroatoms. The molecule has 36 heavy (non-hydrogen) atoms. The van der Waals surface area contributed by atoms with Crippen molar-refractivity contribution in [2.75, 3.05) is 51.3 Å². The maximum absolute atomic E-state index is 13.5. The Morgan fingerprint density at radius 3 is 2.33 bits per heavy atom. The topological polar surface area (TPSA) is 57.7 Å². The summed E-state index contributed by atoms with van der Waals surface area (Å²) in [6.45, 7) is 5.53. The minimum Gasteiger partial charge on any atom is -0.379 e. The van der Waals surface area contributed by atoms with Crippen LogP contribution in [-0.4, -0.2) is 66.8 Å². The molecule has 2 amide bonds. The number of fused-ring (bicyclic) bond motifs is 4. The van der Waals surface area contributed by atoms with Crippen LogP contribution in [-0.2, 0) is 4.74 Å². The number of anilines is 1. The number of urea groups is 1. The first-order valence-electron chi connectivity index (χ1n) is 12.7. The zero-order valence-electron chi connectivity index (χ0n) is 20.2. The predicted octanol–water partition coefficient (Wildman–Crippen LogP) is 5.67. The lowest BCUT2D eigenvalue weighted by Crippen LogP contribution is -2.44. The normalized spacial score (nSPS) is 15.6. The Bertz CT molecular complexity index is 1290. The van der Waals surface area contributed by atoms with Crippen LogP contribution in [0.25, 0.3) is 21.3 Å². The van der Waals surface area contributed by atoms with E-state index in [0.29, 0.717) is 24.1 Å². The van der Waals surface area contributed by atoms with Gasteiger partial charge in [-0.05, 0) is 40.8 Å². The van der Waals surface area contributed by atoms with Gasteiger partial charge in [0.1, 0.15) is 0 Å². The highest BCUT2D eigenvalue weighted by molar-refractivity contribution is 7.22. The third kappa shape index (κ3) is 4.74.